The van der Waals surface area contributed by atoms with E-state index < -0.39 is 0 Å². The third kappa shape index (κ3) is 2.44. The van der Waals surface area contributed by atoms with Crippen molar-refractivity contribution in [3.05, 3.63) is 17.6 Å². The molecule has 2 heterocycles. The number of nitrogen functional groups attached to an aromatic ring is 1. The Morgan fingerprint density at radius 3 is 2.74 bits per heavy atom. The van der Waals surface area contributed by atoms with E-state index in [-0.39, 0.29) is 5.60 Å². The monoisotopic (exact) mass is 262 g/mol. The summed E-state index contributed by atoms with van der Waals surface area (Å²) in [7, 11) is 0. The van der Waals surface area contributed by atoms with Gasteiger partial charge in [0.2, 0.25) is 0 Å². The molecule has 1 saturated heterocycles. The largest absolute Gasteiger partial charge is 0.367 e. The van der Waals surface area contributed by atoms with Crippen LogP contribution in [0.2, 0.25) is 0 Å². The Balaban J connectivity index is 1.96. The summed E-state index contributed by atoms with van der Waals surface area (Å²) < 4.78 is 5.85. The molecule has 0 spiro atoms. The Morgan fingerprint density at radius 2 is 2.11 bits per heavy atom. The number of rotatable bonds is 3. The fourth-order valence-corrected chi connectivity index (χ4v) is 3.16. The maximum absolute atomic E-state index is 5.85. The van der Waals surface area contributed by atoms with Gasteiger partial charge in [0.05, 0.1) is 0 Å². The molecule has 0 radical (unpaired) electrons. The van der Waals surface area contributed by atoms with Gasteiger partial charge in [0.15, 0.2) is 5.82 Å². The highest BCUT2D eigenvalue weighted by Gasteiger charge is 2.36. The Morgan fingerprint density at radius 1 is 1.32 bits per heavy atom. The summed E-state index contributed by atoms with van der Waals surface area (Å²) >= 11 is 0. The number of nitrogens with two attached hydrogens (primary N) is 1. The summed E-state index contributed by atoms with van der Waals surface area (Å²) in [6, 6.07) is 1.98. The first kappa shape index (κ1) is 12.8. The molecule has 5 nitrogen and oxygen atoms in total. The average Bonchev–Trinajstić information content (AvgIpc) is 3.10. The van der Waals surface area contributed by atoms with Gasteiger partial charge in [-0.2, -0.15) is 0 Å². The fourth-order valence-electron chi connectivity index (χ4n) is 3.16. The number of nitrogens with zero attached hydrogens (tertiary/aromatic N) is 2. The van der Waals surface area contributed by atoms with Crippen molar-refractivity contribution in [3.63, 3.8) is 0 Å². The SMILES string of the molecule is CC1(c2nc(NN)cc(C3CCCC3)n2)CCCO1. The second-order valence-electron chi connectivity index (χ2n) is 5.81. The summed E-state index contributed by atoms with van der Waals surface area (Å²) in [5.41, 5.74) is 3.44. The van der Waals surface area contributed by atoms with Crippen LogP contribution in [0.3, 0.4) is 0 Å². The number of ether oxygens (including phenoxy) is 1. The van der Waals surface area contributed by atoms with E-state index in [1.807, 2.05) is 6.07 Å². The molecule has 1 atom stereocenters. The number of hydrazine groups is 1. The highest BCUT2D eigenvalue weighted by Crippen LogP contribution is 2.37. The Kier molecular flexibility index (Phi) is 3.41. The van der Waals surface area contributed by atoms with Crippen LogP contribution in [-0.2, 0) is 10.3 Å². The molecule has 1 aromatic rings. The lowest BCUT2D eigenvalue weighted by atomic mass is 9.99. The zero-order valence-corrected chi connectivity index (χ0v) is 11.5. The van der Waals surface area contributed by atoms with Crippen LogP contribution in [0.4, 0.5) is 5.82 Å². The summed E-state index contributed by atoms with van der Waals surface area (Å²) in [6.07, 6.45) is 7.08. The first-order valence-electron chi connectivity index (χ1n) is 7.21. The highest BCUT2D eigenvalue weighted by molar-refractivity contribution is 5.36. The lowest BCUT2D eigenvalue weighted by Gasteiger charge is -2.23. The standard InChI is InChI=1S/C14H22N4O/c1-14(7-4-8-19-14)13-16-11(9-12(17-13)18-15)10-5-2-3-6-10/h9-10H,2-8,15H2,1H3,(H,16,17,18). The molecule has 1 aliphatic heterocycles. The summed E-state index contributed by atoms with van der Waals surface area (Å²) in [5.74, 6) is 7.58. The van der Waals surface area contributed by atoms with Crippen molar-refractivity contribution in [1.82, 2.24) is 9.97 Å². The van der Waals surface area contributed by atoms with Gasteiger partial charge in [0.1, 0.15) is 11.4 Å². The summed E-state index contributed by atoms with van der Waals surface area (Å²) in [4.78, 5) is 9.29. The minimum atomic E-state index is -0.347. The second kappa shape index (κ2) is 5.06. The van der Waals surface area contributed by atoms with Crippen molar-refractivity contribution >= 4 is 5.82 Å². The summed E-state index contributed by atoms with van der Waals surface area (Å²) in [6.45, 7) is 2.87. The van der Waals surface area contributed by atoms with Gasteiger partial charge in [0.25, 0.3) is 0 Å². The smallest absolute Gasteiger partial charge is 0.162 e. The zero-order valence-electron chi connectivity index (χ0n) is 11.5. The molecule has 1 aromatic heterocycles. The van der Waals surface area contributed by atoms with Gasteiger partial charge in [-0.1, -0.05) is 12.8 Å². The normalized spacial score (nSPS) is 27.9. The predicted octanol–water partition coefficient (Wildman–Crippen LogP) is 2.45. The molecular formula is C14H22N4O. The Bertz CT molecular complexity index is 451. The van der Waals surface area contributed by atoms with E-state index in [1.54, 1.807) is 0 Å². The van der Waals surface area contributed by atoms with Crippen LogP contribution >= 0.6 is 0 Å². The predicted molar refractivity (Wildman–Crippen MR) is 73.6 cm³/mol. The van der Waals surface area contributed by atoms with E-state index in [9.17, 15) is 0 Å². The van der Waals surface area contributed by atoms with Crippen molar-refractivity contribution in [2.45, 2.75) is 57.0 Å². The van der Waals surface area contributed by atoms with E-state index in [1.165, 1.54) is 25.7 Å². The maximum Gasteiger partial charge on any atom is 0.162 e. The van der Waals surface area contributed by atoms with E-state index in [0.717, 1.165) is 31.0 Å². The molecule has 1 saturated carbocycles. The lowest BCUT2D eigenvalue weighted by Crippen LogP contribution is -2.25. The van der Waals surface area contributed by atoms with Gasteiger partial charge in [-0.25, -0.2) is 15.8 Å². The van der Waals surface area contributed by atoms with Crippen LogP contribution in [0.1, 0.15) is 62.9 Å². The van der Waals surface area contributed by atoms with Gasteiger partial charge >= 0.3 is 0 Å². The van der Waals surface area contributed by atoms with Crippen molar-refractivity contribution < 1.29 is 4.74 Å². The first-order valence-corrected chi connectivity index (χ1v) is 7.21. The molecule has 1 aliphatic carbocycles. The first-order chi connectivity index (χ1) is 9.21. The topological polar surface area (TPSA) is 73.1 Å². The van der Waals surface area contributed by atoms with E-state index in [0.29, 0.717) is 11.7 Å². The molecular weight excluding hydrogens is 240 g/mol. The van der Waals surface area contributed by atoms with E-state index >= 15 is 0 Å². The molecule has 2 aliphatic rings. The molecule has 0 bridgehead atoms. The van der Waals surface area contributed by atoms with Crippen LogP contribution in [0, 0.1) is 0 Å². The maximum atomic E-state index is 5.85. The van der Waals surface area contributed by atoms with Crippen molar-refractivity contribution in [2.75, 3.05) is 12.0 Å². The highest BCUT2D eigenvalue weighted by atomic mass is 16.5. The minimum absolute atomic E-state index is 0.347. The zero-order chi connectivity index (χ0) is 13.3. The third-order valence-corrected chi connectivity index (χ3v) is 4.36. The molecule has 0 amide bonds. The van der Waals surface area contributed by atoms with Crippen LogP contribution in [0.15, 0.2) is 6.07 Å². The average molecular weight is 262 g/mol. The molecule has 0 aromatic carbocycles. The molecule has 19 heavy (non-hydrogen) atoms. The minimum Gasteiger partial charge on any atom is -0.367 e. The number of anilines is 1. The Hall–Kier alpha value is -1.20. The van der Waals surface area contributed by atoms with Gasteiger partial charge < -0.3 is 10.2 Å². The second-order valence-corrected chi connectivity index (χ2v) is 5.81. The molecule has 1 unspecified atom stereocenters. The van der Waals surface area contributed by atoms with Gasteiger partial charge in [-0.05, 0) is 32.6 Å². The van der Waals surface area contributed by atoms with Crippen LogP contribution in [-0.4, -0.2) is 16.6 Å². The number of hydrogen-bond donors (Lipinski definition) is 2. The number of nitrogens with one attached hydrogen (secondary N) is 1. The van der Waals surface area contributed by atoms with E-state index in [2.05, 4.69) is 17.3 Å². The molecule has 3 rings (SSSR count). The van der Waals surface area contributed by atoms with Gasteiger partial charge in [0, 0.05) is 24.3 Å². The molecule has 5 heteroatoms. The van der Waals surface area contributed by atoms with Crippen LogP contribution in [0.25, 0.3) is 0 Å². The van der Waals surface area contributed by atoms with E-state index in [4.69, 9.17) is 15.6 Å². The van der Waals surface area contributed by atoms with Crippen molar-refractivity contribution in [1.29, 1.82) is 0 Å². The van der Waals surface area contributed by atoms with Gasteiger partial charge in [-0.15, -0.1) is 0 Å². The lowest BCUT2D eigenvalue weighted by molar-refractivity contribution is 0.00921. The van der Waals surface area contributed by atoms with Crippen molar-refractivity contribution in [2.24, 2.45) is 5.84 Å². The van der Waals surface area contributed by atoms with Gasteiger partial charge in [-0.3, -0.25) is 0 Å². The quantitative estimate of drug-likeness (QED) is 0.646. The van der Waals surface area contributed by atoms with Crippen LogP contribution < -0.4 is 11.3 Å². The fraction of sp³-hybridized carbons (Fsp3) is 0.714. The Labute approximate surface area is 113 Å². The third-order valence-electron chi connectivity index (χ3n) is 4.36. The number of hydrogen-bond acceptors (Lipinski definition) is 5. The summed E-state index contributed by atoms with van der Waals surface area (Å²) in [5, 5.41) is 0. The van der Waals surface area contributed by atoms with Crippen LogP contribution in [0.5, 0.6) is 0 Å². The van der Waals surface area contributed by atoms with Crippen molar-refractivity contribution in [3.8, 4) is 0 Å². The molecule has 2 fully saturated rings. The number of aromatic nitrogens is 2. The molecule has 104 valence electrons. The molecule has 3 N–H and O–H groups in total.